The van der Waals surface area contributed by atoms with Gasteiger partial charge >= 0.3 is 6.03 Å². The highest BCUT2D eigenvalue weighted by atomic mass is 16.5. The molecule has 0 radical (unpaired) electrons. The normalized spacial score (nSPS) is 11.5. The van der Waals surface area contributed by atoms with E-state index in [9.17, 15) is 4.79 Å². The summed E-state index contributed by atoms with van der Waals surface area (Å²) in [4.78, 5) is 12.0. The van der Waals surface area contributed by atoms with Crippen molar-refractivity contribution >= 4 is 11.7 Å². The van der Waals surface area contributed by atoms with Crippen molar-refractivity contribution in [2.45, 2.75) is 19.4 Å². The molecular formula is C17H20N2O2. The molecule has 0 saturated heterocycles. The van der Waals surface area contributed by atoms with Gasteiger partial charge in [-0.2, -0.15) is 0 Å². The van der Waals surface area contributed by atoms with Crippen molar-refractivity contribution < 1.29 is 9.53 Å². The lowest BCUT2D eigenvalue weighted by Crippen LogP contribution is -2.32. The molecule has 0 bridgehead atoms. The summed E-state index contributed by atoms with van der Waals surface area (Å²) in [6.45, 7) is 2.04. The molecule has 0 aromatic heterocycles. The Morgan fingerprint density at radius 2 is 1.76 bits per heavy atom. The van der Waals surface area contributed by atoms with E-state index in [0.29, 0.717) is 0 Å². The molecule has 4 heteroatoms. The van der Waals surface area contributed by atoms with Gasteiger partial charge < -0.3 is 15.4 Å². The van der Waals surface area contributed by atoms with Gasteiger partial charge in [-0.25, -0.2) is 4.79 Å². The Kier molecular flexibility index (Phi) is 5.21. The summed E-state index contributed by atoms with van der Waals surface area (Å²) in [5, 5.41) is 5.80. The number of carbonyl (C=O) groups excluding carboxylic acids is 1. The van der Waals surface area contributed by atoms with Gasteiger partial charge in [0, 0.05) is 5.69 Å². The highest BCUT2D eigenvalue weighted by Crippen LogP contribution is 2.20. The molecule has 110 valence electrons. The van der Waals surface area contributed by atoms with Gasteiger partial charge in [-0.1, -0.05) is 37.3 Å². The average molecular weight is 284 g/mol. The van der Waals surface area contributed by atoms with Gasteiger partial charge in [0.25, 0.3) is 0 Å². The second-order valence-electron chi connectivity index (χ2n) is 4.70. The molecule has 2 aromatic carbocycles. The van der Waals surface area contributed by atoms with E-state index in [1.54, 1.807) is 7.11 Å². The van der Waals surface area contributed by atoms with Crippen LogP contribution in [-0.2, 0) is 0 Å². The van der Waals surface area contributed by atoms with Crippen LogP contribution in [-0.4, -0.2) is 13.1 Å². The molecule has 0 saturated carbocycles. The fourth-order valence-electron chi connectivity index (χ4n) is 2.10. The molecule has 0 aliphatic heterocycles. The number of methoxy groups -OCH3 is 1. The van der Waals surface area contributed by atoms with E-state index >= 15 is 0 Å². The number of carbonyl (C=O) groups is 1. The minimum atomic E-state index is -0.205. The fourth-order valence-corrected chi connectivity index (χ4v) is 2.10. The van der Waals surface area contributed by atoms with E-state index in [0.717, 1.165) is 23.4 Å². The lowest BCUT2D eigenvalue weighted by Gasteiger charge is -2.18. The molecule has 0 aliphatic rings. The van der Waals surface area contributed by atoms with Crippen LogP contribution in [0.5, 0.6) is 5.75 Å². The number of anilines is 1. The first-order valence-corrected chi connectivity index (χ1v) is 6.99. The molecule has 2 rings (SSSR count). The van der Waals surface area contributed by atoms with E-state index in [1.807, 2.05) is 61.5 Å². The summed E-state index contributed by atoms with van der Waals surface area (Å²) >= 11 is 0. The van der Waals surface area contributed by atoms with Crippen LogP contribution >= 0.6 is 0 Å². The third-order valence-corrected chi connectivity index (χ3v) is 3.26. The third kappa shape index (κ3) is 4.24. The monoisotopic (exact) mass is 284 g/mol. The number of para-hydroxylation sites is 1. The third-order valence-electron chi connectivity index (χ3n) is 3.26. The zero-order valence-electron chi connectivity index (χ0n) is 12.3. The summed E-state index contributed by atoms with van der Waals surface area (Å²) in [6, 6.07) is 16.9. The number of hydrogen-bond acceptors (Lipinski definition) is 2. The largest absolute Gasteiger partial charge is 0.497 e. The van der Waals surface area contributed by atoms with Crippen LogP contribution in [0.1, 0.15) is 24.9 Å². The molecule has 2 amide bonds. The van der Waals surface area contributed by atoms with Gasteiger partial charge in [0.15, 0.2) is 0 Å². The minimum absolute atomic E-state index is 0.0281. The van der Waals surface area contributed by atoms with Crippen LogP contribution < -0.4 is 15.4 Å². The lowest BCUT2D eigenvalue weighted by atomic mass is 10.0. The Bertz CT molecular complexity index is 567. The summed E-state index contributed by atoms with van der Waals surface area (Å²) in [5.41, 5.74) is 1.83. The zero-order chi connectivity index (χ0) is 15.1. The van der Waals surface area contributed by atoms with Gasteiger partial charge in [-0.15, -0.1) is 0 Å². The van der Waals surface area contributed by atoms with Crippen molar-refractivity contribution in [3.63, 3.8) is 0 Å². The minimum Gasteiger partial charge on any atom is -0.497 e. The highest BCUT2D eigenvalue weighted by molar-refractivity contribution is 5.89. The molecule has 2 aromatic rings. The number of nitrogens with one attached hydrogen (secondary N) is 2. The van der Waals surface area contributed by atoms with Gasteiger partial charge in [0.2, 0.25) is 0 Å². The quantitative estimate of drug-likeness (QED) is 0.873. The predicted molar refractivity (Wildman–Crippen MR) is 84.6 cm³/mol. The molecule has 0 aliphatic carbocycles. The topological polar surface area (TPSA) is 50.4 Å². The summed E-state index contributed by atoms with van der Waals surface area (Å²) in [5.74, 6) is 0.808. The lowest BCUT2D eigenvalue weighted by molar-refractivity contribution is 0.248. The number of rotatable bonds is 5. The van der Waals surface area contributed by atoms with Crippen LogP contribution in [0, 0.1) is 0 Å². The van der Waals surface area contributed by atoms with E-state index < -0.39 is 0 Å². The SMILES string of the molecule is CC[C@@H](NC(=O)Nc1ccccc1)c1ccc(OC)cc1. The molecule has 0 heterocycles. The Labute approximate surface area is 125 Å². The Hall–Kier alpha value is -2.49. The number of ether oxygens (including phenoxy) is 1. The van der Waals surface area contributed by atoms with Crippen LogP contribution in [0.2, 0.25) is 0 Å². The Morgan fingerprint density at radius 1 is 1.10 bits per heavy atom. The second kappa shape index (κ2) is 7.33. The first-order valence-electron chi connectivity index (χ1n) is 6.99. The van der Waals surface area contributed by atoms with Crippen molar-refractivity contribution in [2.75, 3.05) is 12.4 Å². The van der Waals surface area contributed by atoms with E-state index in [2.05, 4.69) is 10.6 Å². The van der Waals surface area contributed by atoms with Gasteiger partial charge in [-0.05, 0) is 36.2 Å². The first kappa shape index (κ1) is 14.9. The van der Waals surface area contributed by atoms with E-state index in [-0.39, 0.29) is 12.1 Å². The standard InChI is InChI=1S/C17H20N2O2/c1-3-16(13-9-11-15(21-2)12-10-13)19-17(20)18-14-7-5-4-6-8-14/h4-12,16H,3H2,1-2H3,(H2,18,19,20)/t16-/m1/s1. The van der Waals surface area contributed by atoms with E-state index in [1.165, 1.54) is 0 Å². The molecule has 0 spiro atoms. The molecule has 21 heavy (non-hydrogen) atoms. The van der Waals surface area contributed by atoms with Crippen molar-refractivity contribution in [1.29, 1.82) is 0 Å². The van der Waals surface area contributed by atoms with Crippen molar-refractivity contribution in [3.8, 4) is 5.75 Å². The molecule has 1 atom stereocenters. The average Bonchev–Trinajstić information content (AvgIpc) is 2.53. The molecule has 0 unspecified atom stereocenters. The maximum Gasteiger partial charge on any atom is 0.319 e. The maximum absolute atomic E-state index is 12.0. The summed E-state index contributed by atoms with van der Waals surface area (Å²) < 4.78 is 5.14. The predicted octanol–water partition coefficient (Wildman–Crippen LogP) is 3.97. The first-order chi connectivity index (χ1) is 10.2. The number of urea groups is 1. The maximum atomic E-state index is 12.0. The van der Waals surface area contributed by atoms with Crippen molar-refractivity contribution in [2.24, 2.45) is 0 Å². The number of hydrogen-bond donors (Lipinski definition) is 2. The number of amides is 2. The van der Waals surface area contributed by atoms with Crippen molar-refractivity contribution in [3.05, 3.63) is 60.2 Å². The summed E-state index contributed by atoms with van der Waals surface area (Å²) in [7, 11) is 1.64. The molecular weight excluding hydrogens is 264 g/mol. The Morgan fingerprint density at radius 3 is 2.33 bits per heavy atom. The van der Waals surface area contributed by atoms with Crippen LogP contribution in [0.25, 0.3) is 0 Å². The summed E-state index contributed by atoms with van der Waals surface area (Å²) in [6.07, 6.45) is 0.814. The molecule has 2 N–H and O–H groups in total. The van der Waals surface area contributed by atoms with Crippen LogP contribution in [0.15, 0.2) is 54.6 Å². The van der Waals surface area contributed by atoms with E-state index in [4.69, 9.17) is 4.74 Å². The smallest absolute Gasteiger partial charge is 0.319 e. The van der Waals surface area contributed by atoms with Crippen molar-refractivity contribution in [1.82, 2.24) is 5.32 Å². The Balaban J connectivity index is 1.99. The molecule has 4 nitrogen and oxygen atoms in total. The highest BCUT2D eigenvalue weighted by Gasteiger charge is 2.12. The van der Waals surface area contributed by atoms with Gasteiger partial charge in [-0.3, -0.25) is 0 Å². The van der Waals surface area contributed by atoms with Gasteiger partial charge in [0.05, 0.1) is 13.2 Å². The zero-order valence-corrected chi connectivity index (χ0v) is 12.3. The fraction of sp³-hybridized carbons (Fsp3) is 0.235. The number of benzene rings is 2. The molecule has 0 fully saturated rings. The van der Waals surface area contributed by atoms with Gasteiger partial charge in [0.1, 0.15) is 5.75 Å². The van der Waals surface area contributed by atoms with Crippen LogP contribution in [0.3, 0.4) is 0 Å². The second-order valence-corrected chi connectivity index (χ2v) is 4.70. The van der Waals surface area contributed by atoms with Crippen LogP contribution in [0.4, 0.5) is 10.5 Å².